The number of nitrogen functional groups attached to an aromatic ring is 1. The molecule has 2 heterocycles. The first-order valence-electron chi connectivity index (χ1n) is 5.85. The Morgan fingerprint density at radius 3 is 2.78 bits per heavy atom. The third-order valence-electron chi connectivity index (χ3n) is 2.60. The van der Waals surface area contributed by atoms with Gasteiger partial charge in [0.05, 0.1) is 6.04 Å². The van der Waals surface area contributed by atoms with E-state index in [0.29, 0.717) is 11.6 Å². The number of nitrogens with two attached hydrogens (primary N) is 1. The number of hydrogen-bond donors (Lipinski definition) is 3. The number of hydrogen-bond acceptors (Lipinski definition) is 6. The maximum absolute atomic E-state index is 5.38. The first-order chi connectivity index (χ1) is 8.72. The number of thiophene rings is 1. The summed E-state index contributed by atoms with van der Waals surface area (Å²) < 4.78 is 0. The molecule has 2 rings (SSSR count). The number of aryl methyl sites for hydroxylation is 1. The van der Waals surface area contributed by atoms with Gasteiger partial charge in [0, 0.05) is 10.9 Å². The molecule has 0 spiro atoms. The molecular weight excluding hydrogens is 246 g/mol. The Morgan fingerprint density at radius 2 is 2.17 bits per heavy atom. The number of aromatic nitrogens is 2. The monoisotopic (exact) mass is 263 g/mol. The average molecular weight is 263 g/mol. The van der Waals surface area contributed by atoms with Gasteiger partial charge in [-0.25, -0.2) is 15.8 Å². The topological polar surface area (TPSA) is 75.9 Å². The summed E-state index contributed by atoms with van der Waals surface area (Å²) in [7, 11) is 0. The van der Waals surface area contributed by atoms with Gasteiger partial charge in [-0.05, 0) is 24.8 Å². The van der Waals surface area contributed by atoms with Crippen LogP contribution in [0.5, 0.6) is 0 Å². The fourth-order valence-electron chi connectivity index (χ4n) is 1.76. The minimum Gasteiger partial charge on any atom is -0.362 e. The van der Waals surface area contributed by atoms with E-state index in [1.165, 1.54) is 4.88 Å². The molecule has 96 valence electrons. The van der Waals surface area contributed by atoms with Gasteiger partial charge in [-0.3, -0.25) is 0 Å². The molecule has 0 fully saturated rings. The molecule has 1 unspecified atom stereocenters. The van der Waals surface area contributed by atoms with Gasteiger partial charge in [-0.15, -0.1) is 11.3 Å². The van der Waals surface area contributed by atoms with Crippen LogP contribution in [0.2, 0.25) is 0 Å². The lowest BCUT2D eigenvalue weighted by Crippen LogP contribution is -2.13. The van der Waals surface area contributed by atoms with E-state index in [-0.39, 0.29) is 6.04 Å². The van der Waals surface area contributed by atoms with Crippen LogP contribution in [-0.2, 0) is 0 Å². The maximum atomic E-state index is 5.38. The van der Waals surface area contributed by atoms with Crippen LogP contribution >= 0.6 is 11.3 Å². The molecule has 2 aromatic rings. The van der Waals surface area contributed by atoms with Gasteiger partial charge in [0.2, 0.25) is 0 Å². The molecule has 2 aromatic heterocycles. The summed E-state index contributed by atoms with van der Waals surface area (Å²) in [5, 5.41) is 5.49. The number of anilines is 2. The van der Waals surface area contributed by atoms with E-state index in [4.69, 9.17) is 5.84 Å². The molecule has 0 saturated carbocycles. The second-order valence-corrected chi connectivity index (χ2v) is 4.93. The lowest BCUT2D eigenvalue weighted by Gasteiger charge is -2.16. The molecule has 4 N–H and O–H groups in total. The summed E-state index contributed by atoms with van der Waals surface area (Å²) >= 11 is 1.74. The molecule has 0 bridgehead atoms. The molecule has 0 amide bonds. The zero-order valence-corrected chi connectivity index (χ0v) is 11.3. The van der Waals surface area contributed by atoms with Crippen molar-refractivity contribution in [3.63, 3.8) is 0 Å². The van der Waals surface area contributed by atoms with Crippen LogP contribution in [0.25, 0.3) is 0 Å². The second kappa shape index (κ2) is 5.79. The van der Waals surface area contributed by atoms with Gasteiger partial charge in [-0.1, -0.05) is 13.0 Å². The van der Waals surface area contributed by atoms with Crippen LogP contribution < -0.4 is 16.6 Å². The van der Waals surface area contributed by atoms with Gasteiger partial charge in [0.15, 0.2) is 0 Å². The van der Waals surface area contributed by atoms with Crippen LogP contribution in [-0.4, -0.2) is 9.97 Å². The van der Waals surface area contributed by atoms with Crippen LogP contribution in [0.15, 0.2) is 23.6 Å². The van der Waals surface area contributed by atoms with E-state index in [1.807, 2.05) is 13.0 Å². The highest BCUT2D eigenvalue weighted by Gasteiger charge is 2.11. The molecule has 0 aliphatic rings. The molecule has 0 aliphatic carbocycles. The van der Waals surface area contributed by atoms with E-state index in [1.54, 1.807) is 11.3 Å². The number of nitrogens with zero attached hydrogens (tertiary/aromatic N) is 2. The van der Waals surface area contributed by atoms with E-state index >= 15 is 0 Å². The Morgan fingerprint density at radius 1 is 1.39 bits per heavy atom. The predicted molar refractivity (Wildman–Crippen MR) is 75.6 cm³/mol. The Kier molecular flexibility index (Phi) is 4.11. The highest BCUT2D eigenvalue weighted by molar-refractivity contribution is 7.10. The van der Waals surface area contributed by atoms with Crippen molar-refractivity contribution in [2.24, 2.45) is 5.84 Å². The van der Waals surface area contributed by atoms with E-state index in [0.717, 1.165) is 12.2 Å². The molecule has 0 aromatic carbocycles. The zero-order valence-electron chi connectivity index (χ0n) is 10.5. The van der Waals surface area contributed by atoms with Gasteiger partial charge in [-0.2, -0.15) is 0 Å². The van der Waals surface area contributed by atoms with Crippen molar-refractivity contribution >= 4 is 23.0 Å². The Balaban J connectivity index is 2.19. The second-order valence-electron chi connectivity index (χ2n) is 3.95. The standard InChI is InChI=1S/C12H17N5S/c1-3-9(10-5-4-6-18-10)16-11-7-12(17-13)15-8(2)14-11/h4-7,9H,3,13H2,1-2H3,(H2,14,15,16,17). The SMILES string of the molecule is CCC(Nc1cc(NN)nc(C)n1)c1cccs1. The van der Waals surface area contributed by atoms with Gasteiger partial charge < -0.3 is 10.7 Å². The highest BCUT2D eigenvalue weighted by Crippen LogP contribution is 2.25. The minimum atomic E-state index is 0.268. The van der Waals surface area contributed by atoms with E-state index in [9.17, 15) is 0 Å². The summed E-state index contributed by atoms with van der Waals surface area (Å²) in [4.78, 5) is 9.83. The number of hydrazine groups is 1. The quantitative estimate of drug-likeness (QED) is 0.571. The van der Waals surface area contributed by atoms with E-state index in [2.05, 4.69) is 45.1 Å². The molecule has 0 radical (unpaired) electrons. The molecule has 6 heteroatoms. The lowest BCUT2D eigenvalue weighted by atomic mass is 10.2. The third kappa shape index (κ3) is 2.96. The molecule has 0 aliphatic heterocycles. The molecule has 1 atom stereocenters. The van der Waals surface area contributed by atoms with Crippen molar-refractivity contribution in [3.8, 4) is 0 Å². The van der Waals surface area contributed by atoms with E-state index < -0.39 is 0 Å². The average Bonchev–Trinajstić information content (AvgIpc) is 2.89. The van der Waals surface area contributed by atoms with Crippen LogP contribution in [0.1, 0.15) is 30.1 Å². The largest absolute Gasteiger partial charge is 0.362 e. The van der Waals surface area contributed by atoms with Crippen molar-refractivity contribution in [1.29, 1.82) is 0 Å². The minimum absolute atomic E-state index is 0.268. The number of nitrogens with one attached hydrogen (secondary N) is 2. The highest BCUT2D eigenvalue weighted by atomic mass is 32.1. The normalized spacial score (nSPS) is 12.2. The van der Waals surface area contributed by atoms with Crippen molar-refractivity contribution in [3.05, 3.63) is 34.3 Å². The van der Waals surface area contributed by atoms with Crippen LogP contribution in [0, 0.1) is 6.92 Å². The first-order valence-corrected chi connectivity index (χ1v) is 6.73. The fraction of sp³-hybridized carbons (Fsp3) is 0.333. The summed E-state index contributed by atoms with van der Waals surface area (Å²) in [6.45, 7) is 3.99. The molecule has 0 saturated heterocycles. The third-order valence-corrected chi connectivity index (χ3v) is 3.59. The lowest BCUT2D eigenvalue weighted by molar-refractivity contribution is 0.756. The smallest absolute Gasteiger partial charge is 0.145 e. The Hall–Kier alpha value is -1.66. The summed E-state index contributed by atoms with van der Waals surface area (Å²) in [6.07, 6.45) is 0.995. The van der Waals surface area contributed by atoms with Crippen molar-refractivity contribution < 1.29 is 0 Å². The zero-order chi connectivity index (χ0) is 13.0. The van der Waals surface area contributed by atoms with Crippen molar-refractivity contribution in [2.75, 3.05) is 10.7 Å². The molecular formula is C12H17N5S. The van der Waals surface area contributed by atoms with Gasteiger partial charge in [0.1, 0.15) is 17.5 Å². The van der Waals surface area contributed by atoms with Crippen molar-refractivity contribution in [1.82, 2.24) is 9.97 Å². The van der Waals surface area contributed by atoms with Crippen LogP contribution in [0.4, 0.5) is 11.6 Å². The molecule has 5 nitrogen and oxygen atoms in total. The Labute approximate surface area is 110 Å². The van der Waals surface area contributed by atoms with Crippen molar-refractivity contribution in [2.45, 2.75) is 26.3 Å². The molecule has 18 heavy (non-hydrogen) atoms. The fourth-order valence-corrected chi connectivity index (χ4v) is 2.62. The summed E-state index contributed by atoms with van der Waals surface area (Å²) in [5.74, 6) is 7.47. The van der Waals surface area contributed by atoms with Gasteiger partial charge >= 0.3 is 0 Å². The predicted octanol–water partition coefficient (Wildman–Crippen LogP) is 2.70. The summed E-state index contributed by atoms with van der Waals surface area (Å²) in [5.41, 5.74) is 2.55. The first kappa shape index (κ1) is 12.8. The van der Waals surface area contributed by atoms with Crippen LogP contribution in [0.3, 0.4) is 0 Å². The summed E-state index contributed by atoms with van der Waals surface area (Å²) in [6, 6.07) is 6.26. The number of rotatable bonds is 5. The Bertz CT molecular complexity index is 497. The maximum Gasteiger partial charge on any atom is 0.145 e. The van der Waals surface area contributed by atoms with Gasteiger partial charge in [0.25, 0.3) is 0 Å².